The van der Waals surface area contributed by atoms with Crippen LogP contribution in [-0.2, 0) is 13.1 Å². The summed E-state index contributed by atoms with van der Waals surface area (Å²) >= 11 is 0. The summed E-state index contributed by atoms with van der Waals surface area (Å²) in [6.45, 7) is 1.27. The fourth-order valence-corrected chi connectivity index (χ4v) is 2.42. The first-order valence-electron chi connectivity index (χ1n) is 7.21. The van der Waals surface area contributed by atoms with Gasteiger partial charge in [0.2, 0.25) is 0 Å². The molecule has 4 heteroatoms. The number of ether oxygens (including phenoxy) is 1. The van der Waals surface area contributed by atoms with Gasteiger partial charge in [-0.1, -0.05) is 30.3 Å². The highest BCUT2D eigenvalue weighted by Crippen LogP contribution is 2.18. The lowest BCUT2D eigenvalue weighted by Gasteiger charge is -2.07. The van der Waals surface area contributed by atoms with Crippen molar-refractivity contribution in [2.45, 2.75) is 13.1 Å². The molecule has 0 saturated carbocycles. The number of aromatic amines is 1. The molecule has 0 aliphatic carbocycles. The first-order valence-corrected chi connectivity index (χ1v) is 7.21. The Kier molecular flexibility index (Phi) is 4.21. The van der Waals surface area contributed by atoms with Gasteiger partial charge >= 0.3 is 0 Å². The van der Waals surface area contributed by atoms with Gasteiger partial charge in [0.15, 0.2) is 0 Å². The first-order chi connectivity index (χ1) is 10.8. The standard InChI is InChI=1S/C18H18N2O2/c1-22-16-8-7-14-9-15(18(21)20-17(14)10-16)12-19-11-13-5-3-2-4-6-13/h2-10,19H,11-12H2,1H3,(H,20,21). The van der Waals surface area contributed by atoms with Crippen LogP contribution in [0, 0.1) is 0 Å². The zero-order valence-electron chi connectivity index (χ0n) is 12.4. The van der Waals surface area contributed by atoms with E-state index in [-0.39, 0.29) is 5.56 Å². The summed E-state index contributed by atoms with van der Waals surface area (Å²) in [5.41, 5.74) is 2.65. The fourth-order valence-electron chi connectivity index (χ4n) is 2.42. The molecule has 112 valence electrons. The molecule has 22 heavy (non-hydrogen) atoms. The van der Waals surface area contributed by atoms with Crippen molar-refractivity contribution in [3.8, 4) is 5.75 Å². The Morgan fingerprint density at radius 2 is 1.86 bits per heavy atom. The molecule has 2 aromatic carbocycles. The lowest BCUT2D eigenvalue weighted by molar-refractivity contribution is 0.415. The molecule has 0 bridgehead atoms. The van der Waals surface area contributed by atoms with Crippen LogP contribution in [0.5, 0.6) is 5.75 Å². The lowest BCUT2D eigenvalue weighted by Crippen LogP contribution is -2.20. The van der Waals surface area contributed by atoms with Crippen LogP contribution in [0.3, 0.4) is 0 Å². The maximum Gasteiger partial charge on any atom is 0.252 e. The van der Waals surface area contributed by atoms with Gasteiger partial charge < -0.3 is 15.0 Å². The van der Waals surface area contributed by atoms with Crippen molar-refractivity contribution in [1.82, 2.24) is 10.3 Å². The van der Waals surface area contributed by atoms with E-state index in [0.29, 0.717) is 6.54 Å². The average Bonchev–Trinajstić information content (AvgIpc) is 2.56. The largest absolute Gasteiger partial charge is 0.497 e. The van der Waals surface area contributed by atoms with Gasteiger partial charge in [-0.05, 0) is 29.1 Å². The van der Waals surface area contributed by atoms with E-state index in [0.717, 1.165) is 28.8 Å². The minimum absolute atomic E-state index is 0.0682. The highest BCUT2D eigenvalue weighted by atomic mass is 16.5. The Bertz CT molecular complexity index is 825. The molecule has 1 heterocycles. The maximum absolute atomic E-state index is 12.1. The van der Waals surface area contributed by atoms with E-state index in [9.17, 15) is 4.79 Å². The number of H-pyrrole nitrogens is 1. The molecule has 0 spiro atoms. The van der Waals surface area contributed by atoms with Crippen molar-refractivity contribution in [1.29, 1.82) is 0 Å². The minimum atomic E-state index is -0.0682. The van der Waals surface area contributed by atoms with Crippen LogP contribution in [0.4, 0.5) is 0 Å². The molecule has 0 unspecified atom stereocenters. The van der Waals surface area contributed by atoms with E-state index in [1.807, 2.05) is 42.5 Å². The second-order valence-corrected chi connectivity index (χ2v) is 5.17. The van der Waals surface area contributed by atoms with Crippen molar-refractivity contribution >= 4 is 10.9 Å². The average molecular weight is 294 g/mol. The van der Waals surface area contributed by atoms with Crippen molar-refractivity contribution in [3.05, 3.63) is 76.1 Å². The number of rotatable bonds is 5. The molecule has 0 radical (unpaired) electrons. The van der Waals surface area contributed by atoms with Gasteiger partial charge in [-0.2, -0.15) is 0 Å². The Balaban J connectivity index is 1.76. The number of nitrogens with one attached hydrogen (secondary N) is 2. The van der Waals surface area contributed by atoms with E-state index in [1.165, 1.54) is 5.56 Å². The summed E-state index contributed by atoms with van der Waals surface area (Å²) in [5.74, 6) is 0.734. The van der Waals surface area contributed by atoms with Gasteiger partial charge in [-0.15, -0.1) is 0 Å². The zero-order valence-corrected chi connectivity index (χ0v) is 12.4. The van der Waals surface area contributed by atoms with Gasteiger partial charge in [0.1, 0.15) is 5.75 Å². The van der Waals surface area contributed by atoms with Crippen LogP contribution in [0.1, 0.15) is 11.1 Å². The van der Waals surface area contributed by atoms with Gasteiger partial charge in [0.05, 0.1) is 12.6 Å². The summed E-state index contributed by atoms with van der Waals surface area (Å²) in [6.07, 6.45) is 0. The van der Waals surface area contributed by atoms with Gasteiger partial charge in [0, 0.05) is 24.7 Å². The van der Waals surface area contributed by atoms with E-state index < -0.39 is 0 Å². The van der Waals surface area contributed by atoms with Crippen molar-refractivity contribution < 1.29 is 4.74 Å². The maximum atomic E-state index is 12.1. The number of benzene rings is 2. The Hall–Kier alpha value is -2.59. The molecule has 0 atom stereocenters. The molecule has 4 nitrogen and oxygen atoms in total. The third-order valence-electron chi connectivity index (χ3n) is 3.62. The second-order valence-electron chi connectivity index (χ2n) is 5.17. The van der Waals surface area contributed by atoms with E-state index in [4.69, 9.17) is 4.74 Å². The van der Waals surface area contributed by atoms with E-state index >= 15 is 0 Å². The van der Waals surface area contributed by atoms with Crippen LogP contribution in [0.2, 0.25) is 0 Å². The summed E-state index contributed by atoms with van der Waals surface area (Å²) in [7, 11) is 1.61. The number of methoxy groups -OCH3 is 1. The Morgan fingerprint density at radius 3 is 2.64 bits per heavy atom. The van der Waals surface area contributed by atoms with E-state index in [1.54, 1.807) is 7.11 Å². The van der Waals surface area contributed by atoms with Crippen molar-refractivity contribution in [2.24, 2.45) is 0 Å². The van der Waals surface area contributed by atoms with Crippen LogP contribution < -0.4 is 15.6 Å². The summed E-state index contributed by atoms with van der Waals surface area (Å²) in [6, 6.07) is 17.7. The highest BCUT2D eigenvalue weighted by Gasteiger charge is 2.04. The third kappa shape index (κ3) is 3.18. The molecule has 0 aliphatic rings. The number of hydrogen-bond donors (Lipinski definition) is 2. The van der Waals surface area contributed by atoms with Crippen LogP contribution in [-0.4, -0.2) is 12.1 Å². The molecule has 0 amide bonds. The van der Waals surface area contributed by atoms with Gasteiger partial charge in [0.25, 0.3) is 5.56 Å². The molecule has 3 aromatic rings. The fraction of sp³-hybridized carbons (Fsp3) is 0.167. The van der Waals surface area contributed by atoms with Gasteiger partial charge in [-0.25, -0.2) is 0 Å². The topological polar surface area (TPSA) is 54.1 Å². The van der Waals surface area contributed by atoms with Crippen LogP contribution in [0.15, 0.2) is 59.4 Å². The molecule has 0 aliphatic heterocycles. The summed E-state index contributed by atoms with van der Waals surface area (Å²) in [4.78, 5) is 15.0. The van der Waals surface area contributed by atoms with Crippen molar-refractivity contribution in [3.63, 3.8) is 0 Å². The molecule has 0 fully saturated rings. The second kappa shape index (κ2) is 6.45. The lowest BCUT2D eigenvalue weighted by atomic mass is 10.1. The number of hydrogen-bond acceptors (Lipinski definition) is 3. The predicted molar refractivity (Wildman–Crippen MR) is 88.1 cm³/mol. The molecule has 2 N–H and O–H groups in total. The number of pyridine rings is 1. The first kappa shape index (κ1) is 14.4. The predicted octanol–water partition coefficient (Wildman–Crippen LogP) is 2.83. The monoisotopic (exact) mass is 294 g/mol. The molecule has 1 aromatic heterocycles. The van der Waals surface area contributed by atoms with E-state index in [2.05, 4.69) is 22.4 Å². The quantitative estimate of drug-likeness (QED) is 0.761. The van der Waals surface area contributed by atoms with Crippen molar-refractivity contribution in [2.75, 3.05) is 7.11 Å². The molecule has 0 saturated heterocycles. The number of aromatic nitrogens is 1. The summed E-state index contributed by atoms with van der Waals surface area (Å²) in [5, 5.41) is 4.30. The smallest absolute Gasteiger partial charge is 0.252 e. The minimum Gasteiger partial charge on any atom is -0.497 e. The Morgan fingerprint density at radius 1 is 1.05 bits per heavy atom. The van der Waals surface area contributed by atoms with Gasteiger partial charge in [-0.3, -0.25) is 4.79 Å². The number of fused-ring (bicyclic) bond motifs is 1. The zero-order chi connectivity index (χ0) is 15.4. The van der Waals surface area contributed by atoms with Crippen LogP contribution >= 0.6 is 0 Å². The summed E-state index contributed by atoms with van der Waals surface area (Å²) < 4.78 is 5.17. The Labute approximate surface area is 128 Å². The normalized spacial score (nSPS) is 10.8. The third-order valence-corrected chi connectivity index (χ3v) is 3.62. The molecular formula is C18H18N2O2. The SMILES string of the molecule is COc1ccc2cc(CNCc3ccccc3)c(=O)[nH]c2c1. The molecule has 3 rings (SSSR count). The highest BCUT2D eigenvalue weighted by molar-refractivity contribution is 5.80. The molecular weight excluding hydrogens is 276 g/mol. The van der Waals surface area contributed by atoms with Crippen LogP contribution in [0.25, 0.3) is 10.9 Å².